The molecule has 0 unspecified atom stereocenters. The number of rotatable bonds is 7. The third-order valence-corrected chi connectivity index (χ3v) is 6.12. The van der Waals surface area contributed by atoms with Crippen LogP contribution >= 0.6 is 0 Å². The number of aryl methyl sites for hydroxylation is 2. The zero-order chi connectivity index (χ0) is 21.7. The van der Waals surface area contributed by atoms with E-state index in [0.29, 0.717) is 12.2 Å². The molecule has 156 valence electrons. The van der Waals surface area contributed by atoms with E-state index >= 15 is 0 Å². The maximum atomic E-state index is 12.9. The highest BCUT2D eigenvalue weighted by atomic mass is 32.2. The van der Waals surface area contributed by atoms with Gasteiger partial charge in [0, 0.05) is 17.8 Å². The number of benzene rings is 3. The summed E-state index contributed by atoms with van der Waals surface area (Å²) >= 11 is 0. The zero-order valence-corrected chi connectivity index (χ0v) is 17.9. The minimum absolute atomic E-state index is 0.103. The molecular formula is C23H24N2O4S. The number of nitrogens with one attached hydrogen (secondary N) is 2. The third kappa shape index (κ3) is 4.99. The van der Waals surface area contributed by atoms with Gasteiger partial charge in [-0.3, -0.25) is 9.52 Å². The van der Waals surface area contributed by atoms with Crippen LogP contribution in [0.15, 0.2) is 71.6 Å². The predicted octanol–water partition coefficient (Wildman–Crippen LogP) is 4.04. The van der Waals surface area contributed by atoms with Crippen LogP contribution in [0.1, 0.15) is 27.0 Å². The van der Waals surface area contributed by atoms with Crippen LogP contribution in [0.2, 0.25) is 0 Å². The molecule has 0 saturated carbocycles. The lowest BCUT2D eigenvalue weighted by Crippen LogP contribution is -2.24. The number of hydrogen-bond donors (Lipinski definition) is 2. The molecule has 0 fully saturated rings. The fraction of sp³-hybridized carbons (Fsp3) is 0.174. The molecule has 0 aliphatic heterocycles. The van der Waals surface area contributed by atoms with Crippen molar-refractivity contribution in [1.82, 2.24) is 5.32 Å². The molecule has 2 N–H and O–H groups in total. The second kappa shape index (κ2) is 9.00. The van der Waals surface area contributed by atoms with Crippen molar-refractivity contribution in [2.24, 2.45) is 0 Å². The topological polar surface area (TPSA) is 84.5 Å². The van der Waals surface area contributed by atoms with Crippen LogP contribution in [0.4, 0.5) is 5.69 Å². The Bertz CT molecular complexity index is 1160. The number of carbonyl (C=O) groups excluding carboxylic acids is 1. The van der Waals surface area contributed by atoms with Crippen LogP contribution in [-0.4, -0.2) is 21.4 Å². The van der Waals surface area contributed by atoms with Gasteiger partial charge in [0.25, 0.3) is 15.9 Å². The second-order valence-electron chi connectivity index (χ2n) is 6.95. The Kier molecular flexibility index (Phi) is 6.42. The molecule has 3 aromatic carbocycles. The summed E-state index contributed by atoms with van der Waals surface area (Å²) in [7, 11) is -2.57. The molecule has 0 aromatic heterocycles. The quantitative estimate of drug-likeness (QED) is 0.599. The molecule has 3 rings (SSSR count). The normalized spacial score (nSPS) is 11.0. The van der Waals surface area contributed by atoms with E-state index in [4.69, 9.17) is 4.74 Å². The Hall–Kier alpha value is -3.32. The zero-order valence-electron chi connectivity index (χ0n) is 17.1. The van der Waals surface area contributed by atoms with E-state index < -0.39 is 10.0 Å². The first-order valence-electron chi connectivity index (χ1n) is 9.40. The fourth-order valence-corrected chi connectivity index (χ4v) is 4.20. The Balaban J connectivity index is 1.84. The standard InChI is InChI=1S/C23H24N2O4S/c1-16-8-11-20(12-9-16)25-30(27,28)22-14-18(10-13-21(22)29-3)23(26)24-15-19-7-5-4-6-17(19)2/h4-14,25H,15H2,1-3H3,(H,24,26). The number of hydrogen-bond acceptors (Lipinski definition) is 4. The highest BCUT2D eigenvalue weighted by Gasteiger charge is 2.22. The molecule has 0 heterocycles. The molecule has 30 heavy (non-hydrogen) atoms. The Morgan fingerprint density at radius 1 is 0.967 bits per heavy atom. The molecule has 1 amide bonds. The van der Waals surface area contributed by atoms with Gasteiger partial charge in [0.15, 0.2) is 0 Å². The van der Waals surface area contributed by atoms with Crippen molar-refractivity contribution >= 4 is 21.6 Å². The highest BCUT2D eigenvalue weighted by molar-refractivity contribution is 7.92. The largest absolute Gasteiger partial charge is 0.495 e. The van der Waals surface area contributed by atoms with E-state index in [2.05, 4.69) is 10.0 Å². The molecule has 0 spiro atoms. The number of sulfonamides is 1. The van der Waals surface area contributed by atoms with Crippen LogP contribution < -0.4 is 14.8 Å². The van der Waals surface area contributed by atoms with Gasteiger partial charge in [-0.15, -0.1) is 0 Å². The first kappa shape index (κ1) is 21.4. The predicted molar refractivity (Wildman–Crippen MR) is 117 cm³/mol. The van der Waals surface area contributed by atoms with Crippen molar-refractivity contribution in [3.8, 4) is 5.75 Å². The summed E-state index contributed by atoms with van der Waals surface area (Å²) < 4.78 is 33.6. The summed E-state index contributed by atoms with van der Waals surface area (Å²) in [5, 5.41) is 2.83. The average Bonchev–Trinajstić information content (AvgIpc) is 2.74. The summed E-state index contributed by atoms with van der Waals surface area (Å²) in [4.78, 5) is 12.5. The molecule has 3 aromatic rings. The minimum Gasteiger partial charge on any atom is -0.495 e. The number of amides is 1. The van der Waals surface area contributed by atoms with Gasteiger partial charge in [0.2, 0.25) is 0 Å². The van der Waals surface area contributed by atoms with Crippen molar-refractivity contribution in [2.45, 2.75) is 25.3 Å². The maximum absolute atomic E-state index is 12.9. The lowest BCUT2D eigenvalue weighted by atomic mass is 10.1. The lowest BCUT2D eigenvalue weighted by Gasteiger charge is -2.14. The highest BCUT2D eigenvalue weighted by Crippen LogP contribution is 2.27. The van der Waals surface area contributed by atoms with E-state index in [9.17, 15) is 13.2 Å². The van der Waals surface area contributed by atoms with Crippen LogP contribution in [0.25, 0.3) is 0 Å². The molecule has 0 saturated heterocycles. The fourth-order valence-electron chi connectivity index (χ4n) is 2.95. The number of ether oxygens (including phenoxy) is 1. The van der Waals surface area contributed by atoms with Crippen molar-refractivity contribution in [3.05, 3.63) is 89.0 Å². The van der Waals surface area contributed by atoms with Gasteiger partial charge in [-0.2, -0.15) is 0 Å². The SMILES string of the molecule is COc1ccc(C(=O)NCc2ccccc2C)cc1S(=O)(=O)Nc1ccc(C)cc1. The van der Waals surface area contributed by atoms with Gasteiger partial charge in [-0.05, 0) is 55.3 Å². The number of carbonyl (C=O) groups is 1. The number of anilines is 1. The summed E-state index contributed by atoms with van der Waals surface area (Å²) in [6.07, 6.45) is 0. The monoisotopic (exact) mass is 424 g/mol. The van der Waals surface area contributed by atoms with Gasteiger partial charge in [-0.25, -0.2) is 8.42 Å². The van der Waals surface area contributed by atoms with Gasteiger partial charge in [0.1, 0.15) is 10.6 Å². The Morgan fingerprint density at radius 3 is 2.33 bits per heavy atom. The van der Waals surface area contributed by atoms with E-state index in [-0.39, 0.29) is 22.1 Å². The molecule has 0 radical (unpaired) electrons. The van der Waals surface area contributed by atoms with Crippen molar-refractivity contribution < 1.29 is 17.9 Å². The molecule has 0 aliphatic carbocycles. The van der Waals surface area contributed by atoms with Crippen molar-refractivity contribution in [3.63, 3.8) is 0 Å². The molecule has 6 nitrogen and oxygen atoms in total. The summed E-state index contributed by atoms with van der Waals surface area (Å²) in [5.74, 6) is -0.210. The van der Waals surface area contributed by atoms with Gasteiger partial charge < -0.3 is 10.1 Å². The smallest absolute Gasteiger partial charge is 0.265 e. The van der Waals surface area contributed by atoms with Gasteiger partial charge in [0.05, 0.1) is 7.11 Å². The van der Waals surface area contributed by atoms with E-state index in [1.54, 1.807) is 12.1 Å². The minimum atomic E-state index is -3.95. The van der Waals surface area contributed by atoms with E-state index in [0.717, 1.165) is 16.7 Å². The molecule has 0 bridgehead atoms. The van der Waals surface area contributed by atoms with Gasteiger partial charge >= 0.3 is 0 Å². The molecular weight excluding hydrogens is 400 g/mol. The molecule has 0 aliphatic rings. The molecule has 7 heteroatoms. The van der Waals surface area contributed by atoms with Gasteiger partial charge in [-0.1, -0.05) is 42.0 Å². The first-order chi connectivity index (χ1) is 14.3. The second-order valence-corrected chi connectivity index (χ2v) is 8.60. The van der Waals surface area contributed by atoms with Crippen LogP contribution in [0.5, 0.6) is 5.75 Å². The van der Waals surface area contributed by atoms with E-state index in [1.807, 2.05) is 50.2 Å². The van der Waals surface area contributed by atoms with E-state index in [1.165, 1.54) is 25.3 Å². The Labute approximate surface area is 177 Å². The summed E-state index contributed by atoms with van der Waals surface area (Å²) in [6.45, 7) is 4.23. The Morgan fingerprint density at radius 2 is 1.67 bits per heavy atom. The average molecular weight is 425 g/mol. The number of methoxy groups -OCH3 is 1. The van der Waals surface area contributed by atoms with Crippen LogP contribution in [0, 0.1) is 13.8 Å². The lowest BCUT2D eigenvalue weighted by molar-refractivity contribution is 0.0950. The maximum Gasteiger partial charge on any atom is 0.265 e. The summed E-state index contributed by atoms with van der Waals surface area (Å²) in [5.41, 5.74) is 3.74. The third-order valence-electron chi connectivity index (χ3n) is 4.72. The van der Waals surface area contributed by atoms with Crippen molar-refractivity contribution in [1.29, 1.82) is 0 Å². The first-order valence-corrected chi connectivity index (χ1v) is 10.9. The van der Waals surface area contributed by atoms with Crippen LogP contribution in [-0.2, 0) is 16.6 Å². The van der Waals surface area contributed by atoms with Crippen molar-refractivity contribution in [2.75, 3.05) is 11.8 Å². The van der Waals surface area contributed by atoms with Crippen LogP contribution in [0.3, 0.4) is 0 Å². The molecule has 0 atom stereocenters. The summed E-state index contributed by atoms with van der Waals surface area (Å²) in [6, 6.07) is 19.1.